The maximum absolute atomic E-state index is 12.9. The van der Waals surface area contributed by atoms with Crippen LogP contribution in [-0.2, 0) is 6.18 Å². The summed E-state index contributed by atoms with van der Waals surface area (Å²) in [5.41, 5.74) is 8.47. The van der Waals surface area contributed by atoms with Crippen LogP contribution >= 0.6 is 0 Å². The highest BCUT2D eigenvalue weighted by atomic mass is 19.4. The Morgan fingerprint density at radius 1 is 0.853 bits per heavy atom. The van der Waals surface area contributed by atoms with Crippen molar-refractivity contribution in [2.45, 2.75) is 6.18 Å². The number of amidine groups is 1. The van der Waals surface area contributed by atoms with Crippen LogP contribution in [0.3, 0.4) is 0 Å². The van der Waals surface area contributed by atoms with Crippen LogP contribution in [0.2, 0.25) is 0 Å². The molecule has 0 radical (unpaired) electrons. The van der Waals surface area contributed by atoms with Crippen molar-refractivity contribution in [3.05, 3.63) is 95.6 Å². The van der Waals surface area contributed by atoms with Gasteiger partial charge in [-0.1, -0.05) is 48.5 Å². The fraction of sp³-hybridized carbons (Fsp3) is 0.0385. The summed E-state index contributed by atoms with van der Waals surface area (Å²) < 4.78 is 38.7. The van der Waals surface area contributed by atoms with Crippen molar-refractivity contribution in [3.63, 3.8) is 0 Å². The van der Waals surface area contributed by atoms with Crippen LogP contribution < -0.4 is 5.73 Å². The molecule has 0 saturated heterocycles. The number of alkyl halides is 3. The lowest BCUT2D eigenvalue weighted by Crippen LogP contribution is -2.13. The van der Waals surface area contributed by atoms with E-state index in [1.807, 2.05) is 6.07 Å². The number of aliphatic imine (C=N–C) groups is 1. The van der Waals surface area contributed by atoms with E-state index in [0.29, 0.717) is 27.6 Å². The number of aromatic carboxylic acids is 1. The second-order valence-corrected chi connectivity index (χ2v) is 7.56. The molecule has 8 heteroatoms. The molecule has 0 bridgehead atoms. The van der Waals surface area contributed by atoms with E-state index >= 15 is 0 Å². The number of rotatable bonds is 5. The Kier molecular flexibility index (Phi) is 5.89. The van der Waals surface area contributed by atoms with Gasteiger partial charge >= 0.3 is 12.1 Å². The highest BCUT2D eigenvalue weighted by Gasteiger charge is 2.30. The Balaban J connectivity index is 1.82. The number of hydrogen-bond acceptors (Lipinski definition) is 2. The highest BCUT2D eigenvalue weighted by Crippen LogP contribution is 2.35. The van der Waals surface area contributed by atoms with Gasteiger partial charge in [-0.2, -0.15) is 13.2 Å². The smallest absolute Gasteiger partial charge is 0.416 e. The molecule has 0 saturated carbocycles. The molecule has 0 unspecified atom stereocenters. The Bertz CT molecular complexity index is 1430. The van der Waals surface area contributed by atoms with E-state index in [4.69, 9.17) is 11.1 Å². The third-order valence-electron chi connectivity index (χ3n) is 5.44. The van der Waals surface area contributed by atoms with Crippen LogP contribution in [0.4, 0.5) is 13.2 Å². The van der Waals surface area contributed by atoms with Crippen LogP contribution in [-0.4, -0.2) is 23.2 Å². The number of hydrogen-bond donors (Lipinski definition) is 3. The van der Waals surface area contributed by atoms with Gasteiger partial charge in [0.15, 0.2) is 0 Å². The quantitative estimate of drug-likeness (QED) is 0.244. The van der Waals surface area contributed by atoms with E-state index in [0.717, 1.165) is 29.4 Å². The molecule has 0 aromatic heterocycles. The van der Waals surface area contributed by atoms with E-state index in [9.17, 15) is 23.1 Å². The number of carboxylic acids is 1. The minimum Gasteiger partial charge on any atom is -0.478 e. The number of nitrogens with one attached hydrogen (secondary N) is 1. The summed E-state index contributed by atoms with van der Waals surface area (Å²) in [5, 5.41) is 18.1. The van der Waals surface area contributed by atoms with Crippen LogP contribution in [0.15, 0.2) is 83.9 Å². The molecule has 0 fully saturated rings. The molecule has 4 rings (SSSR count). The molecule has 0 spiro atoms. The molecular formula is C26H18F3N3O2. The van der Waals surface area contributed by atoms with Crippen LogP contribution in [0.1, 0.15) is 21.5 Å². The topological polar surface area (TPSA) is 99.5 Å². The highest BCUT2D eigenvalue weighted by molar-refractivity contribution is 6.05. The standard InChI is InChI=1S/C26H18F3N3O2/c27-26(28,29)21-8-5-15(6-9-21)18-7-10-22-19(11-18)12-20(25(33)34)13-23(22)16-1-3-17(4-2-16)24(31)32-14-30/h1-14H,(H,33,34)(H3,30,31,32). The summed E-state index contributed by atoms with van der Waals surface area (Å²) in [7, 11) is 0. The average molecular weight is 461 g/mol. The summed E-state index contributed by atoms with van der Waals surface area (Å²) in [4.78, 5) is 15.5. The van der Waals surface area contributed by atoms with E-state index in [-0.39, 0.29) is 11.4 Å². The molecule has 0 aliphatic heterocycles. The monoisotopic (exact) mass is 461 g/mol. The minimum atomic E-state index is -4.42. The lowest BCUT2D eigenvalue weighted by Gasteiger charge is -2.12. The third kappa shape index (κ3) is 4.52. The van der Waals surface area contributed by atoms with Gasteiger partial charge in [0, 0.05) is 5.56 Å². The average Bonchev–Trinajstić information content (AvgIpc) is 2.82. The number of halogens is 3. The molecule has 4 aromatic rings. The molecule has 34 heavy (non-hydrogen) atoms. The number of fused-ring (bicyclic) bond motifs is 1. The van der Waals surface area contributed by atoms with E-state index in [1.165, 1.54) is 18.2 Å². The van der Waals surface area contributed by atoms with Crippen molar-refractivity contribution >= 4 is 28.9 Å². The van der Waals surface area contributed by atoms with Crippen LogP contribution in [0.25, 0.3) is 33.0 Å². The summed E-state index contributed by atoms with van der Waals surface area (Å²) in [5.74, 6) is -0.908. The predicted octanol–water partition coefficient (Wildman–Crippen LogP) is 6.20. The molecule has 0 atom stereocenters. The fourth-order valence-electron chi connectivity index (χ4n) is 3.73. The van der Waals surface area contributed by atoms with E-state index < -0.39 is 17.7 Å². The van der Waals surface area contributed by atoms with Crippen LogP contribution in [0.5, 0.6) is 0 Å². The van der Waals surface area contributed by atoms with E-state index in [1.54, 1.807) is 42.5 Å². The SMILES string of the molecule is N=CN=C(N)c1ccc(-c2cc(C(=O)O)cc3cc(-c4ccc(C(F)(F)F)cc4)ccc23)cc1. The number of nitrogens with zero attached hydrogens (tertiary/aromatic N) is 1. The fourth-order valence-corrected chi connectivity index (χ4v) is 3.73. The summed E-state index contributed by atoms with van der Waals surface area (Å²) in [6.45, 7) is 0. The second kappa shape index (κ2) is 8.82. The first-order valence-electron chi connectivity index (χ1n) is 10.1. The maximum atomic E-state index is 12.9. The molecule has 0 aliphatic carbocycles. The molecule has 0 heterocycles. The first-order valence-corrected chi connectivity index (χ1v) is 10.1. The van der Waals surface area contributed by atoms with Gasteiger partial charge in [-0.3, -0.25) is 5.41 Å². The maximum Gasteiger partial charge on any atom is 0.416 e. The molecule has 170 valence electrons. The van der Waals surface area contributed by atoms with Gasteiger partial charge in [0.05, 0.1) is 11.1 Å². The Morgan fingerprint density at radius 3 is 2.06 bits per heavy atom. The van der Waals surface area contributed by atoms with Crippen molar-refractivity contribution < 1.29 is 23.1 Å². The zero-order chi connectivity index (χ0) is 24.5. The van der Waals surface area contributed by atoms with Crippen LogP contribution in [0, 0.1) is 5.41 Å². The lowest BCUT2D eigenvalue weighted by molar-refractivity contribution is -0.137. The number of carboxylic acid groups (broad SMARTS) is 1. The van der Waals surface area contributed by atoms with E-state index in [2.05, 4.69) is 4.99 Å². The molecule has 0 amide bonds. The predicted molar refractivity (Wildman–Crippen MR) is 126 cm³/mol. The zero-order valence-electron chi connectivity index (χ0n) is 17.6. The largest absolute Gasteiger partial charge is 0.478 e. The van der Waals surface area contributed by atoms with Gasteiger partial charge in [-0.25, -0.2) is 9.79 Å². The summed E-state index contributed by atoms with van der Waals surface area (Å²) >= 11 is 0. The number of nitrogens with two attached hydrogens (primary N) is 1. The summed E-state index contributed by atoms with van der Waals surface area (Å²) in [6.07, 6.45) is -3.57. The van der Waals surface area contributed by atoms with Gasteiger partial charge in [0.25, 0.3) is 0 Å². The van der Waals surface area contributed by atoms with Crippen molar-refractivity contribution in [2.24, 2.45) is 10.7 Å². The normalized spacial score (nSPS) is 12.0. The first kappa shape index (κ1) is 22.7. The molecule has 4 aromatic carbocycles. The molecule has 4 N–H and O–H groups in total. The lowest BCUT2D eigenvalue weighted by atomic mass is 9.92. The zero-order valence-corrected chi connectivity index (χ0v) is 17.6. The van der Waals surface area contributed by atoms with Crippen molar-refractivity contribution in [2.75, 3.05) is 0 Å². The third-order valence-corrected chi connectivity index (χ3v) is 5.44. The van der Waals surface area contributed by atoms with Gasteiger partial charge in [0.2, 0.25) is 0 Å². The van der Waals surface area contributed by atoms with Gasteiger partial charge in [-0.05, 0) is 63.4 Å². The molecular weight excluding hydrogens is 443 g/mol. The number of carbonyl (C=O) groups is 1. The van der Waals surface area contributed by atoms with Gasteiger partial charge in [0.1, 0.15) is 12.2 Å². The number of benzene rings is 4. The second-order valence-electron chi connectivity index (χ2n) is 7.56. The van der Waals surface area contributed by atoms with Gasteiger partial charge < -0.3 is 10.8 Å². The van der Waals surface area contributed by atoms with Crippen molar-refractivity contribution in [1.29, 1.82) is 5.41 Å². The van der Waals surface area contributed by atoms with Crippen molar-refractivity contribution in [1.82, 2.24) is 0 Å². The Labute approximate surface area is 192 Å². The Hall–Kier alpha value is -4.46. The molecule has 0 aliphatic rings. The Morgan fingerprint density at radius 2 is 1.47 bits per heavy atom. The minimum absolute atomic E-state index is 0.0843. The summed E-state index contributed by atoms with van der Waals surface area (Å²) in [6, 6.07) is 20.3. The van der Waals surface area contributed by atoms with Crippen molar-refractivity contribution in [3.8, 4) is 22.3 Å². The first-order chi connectivity index (χ1) is 16.2. The molecule has 5 nitrogen and oxygen atoms in total. The van der Waals surface area contributed by atoms with Gasteiger partial charge in [-0.15, -0.1) is 0 Å².